The van der Waals surface area contributed by atoms with Gasteiger partial charge >= 0.3 is 0 Å². The van der Waals surface area contributed by atoms with E-state index in [2.05, 4.69) is 19.2 Å². The maximum absolute atomic E-state index is 12.5. The molecule has 0 aromatic heterocycles. The lowest BCUT2D eigenvalue weighted by Crippen LogP contribution is -2.28. The van der Waals surface area contributed by atoms with Crippen molar-refractivity contribution in [2.75, 3.05) is 20.6 Å². The van der Waals surface area contributed by atoms with E-state index in [4.69, 9.17) is 0 Å². The fourth-order valence-corrected chi connectivity index (χ4v) is 3.17. The van der Waals surface area contributed by atoms with Crippen molar-refractivity contribution in [3.8, 4) is 0 Å². The molecule has 0 aliphatic carbocycles. The summed E-state index contributed by atoms with van der Waals surface area (Å²) < 4.78 is 26.5. The first-order valence-electron chi connectivity index (χ1n) is 6.99. The highest BCUT2D eigenvalue weighted by Gasteiger charge is 2.21. The zero-order valence-electron chi connectivity index (χ0n) is 13.1. The summed E-state index contributed by atoms with van der Waals surface area (Å²) >= 11 is 0. The van der Waals surface area contributed by atoms with E-state index in [0.29, 0.717) is 23.9 Å². The Hall–Kier alpha value is -0.910. The van der Waals surface area contributed by atoms with Gasteiger partial charge in [0.1, 0.15) is 0 Å². The molecule has 1 N–H and O–H groups in total. The van der Waals surface area contributed by atoms with Gasteiger partial charge in [-0.25, -0.2) is 12.7 Å². The minimum Gasteiger partial charge on any atom is -0.316 e. The first-order chi connectivity index (χ1) is 9.28. The molecule has 0 aliphatic rings. The van der Waals surface area contributed by atoms with Crippen LogP contribution in [0.15, 0.2) is 23.1 Å². The number of benzene rings is 1. The minimum absolute atomic E-state index is 0.375. The predicted octanol–water partition coefficient (Wildman–Crippen LogP) is 2.38. The lowest BCUT2D eigenvalue weighted by atomic mass is 10.1. The molecule has 0 bridgehead atoms. The van der Waals surface area contributed by atoms with Crippen LogP contribution in [0, 0.1) is 12.8 Å². The first kappa shape index (κ1) is 17.1. The van der Waals surface area contributed by atoms with Crippen LogP contribution in [0.1, 0.15) is 31.4 Å². The zero-order chi connectivity index (χ0) is 15.3. The van der Waals surface area contributed by atoms with Crippen molar-refractivity contribution in [1.82, 2.24) is 9.62 Å². The van der Waals surface area contributed by atoms with Crippen molar-refractivity contribution in [1.29, 1.82) is 0 Å². The molecule has 0 spiro atoms. The summed E-state index contributed by atoms with van der Waals surface area (Å²) in [6.07, 6.45) is 0.866. The summed E-state index contributed by atoms with van der Waals surface area (Å²) in [4.78, 5) is 0.375. The van der Waals surface area contributed by atoms with Crippen LogP contribution in [0.2, 0.25) is 0 Å². The number of rotatable bonds is 7. The molecule has 4 nitrogen and oxygen atoms in total. The van der Waals surface area contributed by atoms with Crippen LogP contribution in [0.4, 0.5) is 0 Å². The van der Waals surface area contributed by atoms with Crippen LogP contribution in [-0.2, 0) is 16.6 Å². The maximum atomic E-state index is 12.5. The topological polar surface area (TPSA) is 49.4 Å². The van der Waals surface area contributed by atoms with E-state index in [-0.39, 0.29) is 0 Å². The maximum Gasteiger partial charge on any atom is 0.242 e. The zero-order valence-corrected chi connectivity index (χ0v) is 13.9. The first-order valence-corrected chi connectivity index (χ1v) is 8.43. The van der Waals surface area contributed by atoms with Crippen LogP contribution in [0.3, 0.4) is 0 Å². The van der Waals surface area contributed by atoms with E-state index >= 15 is 0 Å². The van der Waals surface area contributed by atoms with E-state index in [0.717, 1.165) is 17.5 Å². The van der Waals surface area contributed by atoms with E-state index in [1.807, 2.05) is 20.0 Å². The van der Waals surface area contributed by atoms with Gasteiger partial charge in [0.05, 0.1) is 4.90 Å². The molecule has 0 saturated heterocycles. The van der Waals surface area contributed by atoms with Crippen LogP contribution >= 0.6 is 0 Å². The third-order valence-corrected chi connectivity index (χ3v) is 5.27. The van der Waals surface area contributed by atoms with Gasteiger partial charge in [0, 0.05) is 20.1 Å². The molecule has 0 heterocycles. The Kier molecular flexibility index (Phi) is 6.17. The number of aryl methyl sites for hydroxylation is 1. The van der Waals surface area contributed by atoms with Gasteiger partial charge in [0.25, 0.3) is 0 Å². The lowest BCUT2D eigenvalue weighted by Gasteiger charge is -2.19. The second-order valence-corrected chi connectivity index (χ2v) is 7.67. The highest BCUT2D eigenvalue weighted by Crippen LogP contribution is 2.19. The molecule has 0 aliphatic heterocycles. The molecular formula is C15H26N2O2S. The van der Waals surface area contributed by atoms with Crippen LogP contribution < -0.4 is 5.32 Å². The monoisotopic (exact) mass is 298 g/mol. The molecule has 5 heteroatoms. The second kappa shape index (κ2) is 7.20. The van der Waals surface area contributed by atoms with Crippen molar-refractivity contribution < 1.29 is 8.42 Å². The van der Waals surface area contributed by atoms with Crippen LogP contribution in [-0.4, -0.2) is 33.4 Å². The Labute approximate surface area is 123 Å². The summed E-state index contributed by atoms with van der Waals surface area (Å²) in [5.74, 6) is 0.491. The molecule has 114 valence electrons. The van der Waals surface area contributed by atoms with Gasteiger partial charge in [-0.05, 0) is 49.6 Å². The average molecular weight is 298 g/mol. The Bertz CT molecular complexity index is 539. The highest BCUT2D eigenvalue weighted by molar-refractivity contribution is 7.89. The van der Waals surface area contributed by atoms with Crippen LogP contribution in [0.25, 0.3) is 0 Å². The van der Waals surface area contributed by atoms with Gasteiger partial charge in [0.2, 0.25) is 10.0 Å². The van der Waals surface area contributed by atoms with Gasteiger partial charge in [-0.2, -0.15) is 0 Å². The summed E-state index contributed by atoms with van der Waals surface area (Å²) in [6.45, 7) is 7.40. The molecule has 0 saturated carbocycles. The van der Waals surface area contributed by atoms with Crippen molar-refractivity contribution in [3.05, 3.63) is 29.3 Å². The van der Waals surface area contributed by atoms with Gasteiger partial charge < -0.3 is 5.32 Å². The standard InChI is InChI=1S/C15H26N2O2S/c1-12(2)8-9-17(5)20(18,19)15-7-6-13(3)14(10-15)11-16-4/h6-7,10,12,16H,8-9,11H2,1-5H3. The highest BCUT2D eigenvalue weighted by atomic mass is 32.2. The summed E-state index contributed by atoms with van der Waals surface area (Å²) in [7, 11) is 0.118. The number of nitrogens with zero attached hydrogens (tertiary/aromatic N) is 1. The molecule has 20 heavy (non-hydrogen) atoms. The Morgan fingerprint density at radius 3 is 2.50 bits per heavy atom. The fourth-order valence-electron chi connectivity index (χ4n) is 1.93. The molecule has 0 atom stereocenters. The van der Waals surface area contributed by atoms with Crippen molar-refractivity contribution in [2.24, 2.45) is 5.92 Å². The Morgan fingerprint density at radius 1 is 1.30 bits per heavy atom. The lowest BCUT2D eigenvalue weighted by molar-refractivity contribution is 0.428. The Balaban J connectivity index is 3.00. The number of nitrogens with one attached hydrogen (secondary N) is 1. The average Bonchev–Trinajstić information content (AvgIpc) is 2.38. The number of hydrogen-bond acceptors (Lipinski definition) is 3. The van der Waals surface area contributed by atoms with Gasteiger partial charge in [-0.1, -0.05) is 19.9 Å². The predicted molar refractivity (Wildman–Crippen MR) is 83.2 cm³/mol. The SMILES string of the molecule is CNCc1cc(S(=O)(=O)N(C)CCC(C)C)ccc1C. The van der Waals surface area contributed by atoms with Crippen LogP contribution in [0.5, 0.6) is 0 Å². The van der Waals surface area contributed by atoms with E-state index in [1.54, 1.807) is 19.2 Å². The second-order valence-electron chi connectivity index (χ2n) is 5.63. The molecule has 1 rings (SSSR count). The number of hydrogen-bond donors (Lipinski definition) is 1. The Morgan fingerprint density at radius 2 is 1.95 bits per heavy atom. The fraction of sp³-hybridized carbons (Fsp3) is 0.600. The summed E-state index contributed by atoms with van der Waals surface area (Å²) in [6, 6.07) is 5.33. The van der Waals surface area contributed by atoms with Gasteiger partial charge in [0.15, 0.2) is 0 Å². The normalized spacial score (nSPS) is 12.3. The molecule has 1 aromatic carbocycles. The van der Waals surface area contributed by atoms with Crippen molar-refractivity contribution >= 4 is 10.0 Å². The molecular weight excluding hydrogens is 272 g/mol. The molecule has 0 fully saturated rings. The van der Waals surface area contributed by atoms with Gasteiger partial charge in [-0.3, -0.25) is 0 Å². The molecule has 0 amide bonds. The third kappa shape index (κ3) is 4.30. The molecule has 0 unspecified atom stereocenters. The smallest absolute Gasteiger partial charge is 0.242 e. The van der Waals surface area contributed by atoms with E-state index in [9.17, 15) is 8.42 Å². The third-order valence-electron chi connectivity index (χ3n) is 3.42. The molecule has 0 radical (unpaired) electrons. The van der Waals surface area contributed by atoms with E-state index < -0.39 is 10.0 Å². The number of sulfonamides is 1. The summed E-state index contributed by atoms with van der Waals surface area (Å²) in [5, 5.41) is 3.06. The minimum atomic E-state index is -3.39. The van der Waals surface area contributed by atoms with E-state index in [1.165, 1.54) is 4.31 Å². The van der Waals surface area contributed by atoms with Gasteiger partial charge in [-0.15, -0.1) is 0 Å². The quantitative estimate of drug-likeness (QED) is 0.841. The summed E-state index contributed by atoms with van der Waals surface area (Å²) in [5.41, 5.74) is 2.12. The largest absolute Gasteiger partial charge is 0.316 e. The molecule has 1 aromatic rings. The van der Waals surface area contributed by atoms with Crippen molar-refractivity contribution in [2.45, 2.75) is 38.6 Å². The van der Waals surface area contributed by atoms with Crippen molar-refractivity contribution in [3.63, 3.8) is 0 Å².